The Balaban J connectivity index is 1.75. The van der Waals surface area contributed by atoms with Crippen LogP contribution in [0, 0.1) is 0 Å². The number of ether oxygens (including phenoxy) is 1. The van der Waals surface area contributed by atoms with Gasteiger partial charge in [0.1, 0.15) is 4.90 Å². The van der Waals surface area contributed by atoms with Crippen LogP contribution in [0.5, 0.6) is 0 Å². The van der Waals surface area contributed by atoms with Crippen LogP contribution in [0.3, 0.4) is 0 Å². The number of nitrogens with zero attached hydrogens (tertiary/aromatic N) is 2. The third kappa shape index (κ3) is 4.37. The Bertz CT molecular complexity index is 757. The predicted molar refractivity (Wildman–Crippen MR) is 99.0 cm³/mol. The van der Waals surface area contributed by atoms with E-state index in [-0.39, 0.29) is 27.5 Å². The van der Waals surface area contributed by atoms with E-state index >= 15 is 0 Å². The highest BCUT2D eigenvalue weighted by molar-refractivity contribution is 7.89. The van der Waals surface area contributed by atoms with Gasteiger partial charge in [0.15, 0.2) is 0 Å². The number of likely N-dealkylation sites (N-methyl/N-ethyl adjacent to an activating group) is 1. The molecule has 2 saturated heterocycles. The van der Waals surface area contributed by atoms with Gasteiger partial charge in [0.2, 0.25) is 10.0 Å². The van der Waals surface area contributed by atoms with Gasteiger partial charge in [0.25, 0.3) is 5.91 Å². The first kappa shape index (κ1) is 19.6. The zero-order valence-corrected chi connectivity index (χ0v) is 16.4. The molecule has 1 aromatic carbocycles. The van der Waals surface area contributed by atoms with E-state index in [4.69, 9.17) is 16.3 Å². The smallest absolute Gasteiger partial charge is 0.251 e. The number of carbonyl (C=O) groups excluding carboxylic acids is 1. The fourth-order valence-electron chi connectivity index (χ4n) is 3.12. The highest BCUT2D eigenvalue weighted by Crippen LogP contribution is 2.26. The van der Waals surface area contributed by atoms with Crippen LogP contribution in [-0.4, -0.2) is 76.0 Å². The zero-order chi connectivity index (χ0) is 18.7. The summed E-state index contributed by atoms with van der Waals surface area (Å²) in [4.78, 5) is 14.4. The standard InChI is InChI=1S/C17H24ClN3O4S/c1-20-6-8-21(9-7-20)26(23,24)16-11-13(4-5-15(16)18)17(22)19-12-14-3-2-10-25-14/h4-5,11,14H,2-3,6-10,12H2,1H3,(H,19,22)/t14-/m1/s1. The number of hydrogen-bond acceptors (Lipinski definition) is 5. The number of carbonyl (C=O) groups is 1. The molecule has 0 radical (unpaired) electrons. The maximum absolute atomic E-state index is 12.9. The lowest BCUT2D eigenvalue weighted by Crippen LogP contribution is -2.47. The minimum Gasteiger partial charge on any atom is -0.376 e. The molecule has 2 aliphatic rings. The summed E-state index contributed by atoms with van der Waals surface area (Å²) in [6, 6.07) is 4.36. The number of nitrogens with one attached hydrogen (secondary N) is 1. The SMILES string of the molecule is CN1CCN(S(=O)(=O)c2cc(C(=O)NC[C@H]3CCCO3)ccc2Cl)CC1. The lowest BCUT2D eigenvalue weighted by Gasteiger charge is -2.31. The molecule has 1 amide bonds. The molecule has 2 fully saturated rings. The van der Waals surface area contributed by atoms with Gasteiger partial charge < -0.3 is 15.0 Å². The number of sulfonamides is 1. The van der Waals surface area contributed by atoms with Crippen LogP contribution >= 0.6 is 11.6 Å². The van der Waals surface area contributed by atoms with Crippen LogP contribution in [-0.2, 0) is 14.8 Å². The van der Waals surface area contributed by atoms with Crippen molar-refractivity contribution in [1.29, 1.82) is 0 Å². The molecule has 0 saturated carbocycles. The molecule has 1 aromatic rings. The Kier molecular flexibility index (Phi) is 6.19. The molecule has 1 N–H and O–H groups in total. The number of amides is 1. The lowest BCUT2D eigenvalue weighted by molar-refractivity contribution is 0.0857. The maximum atomic E-state index is 12.9. The van der Waals surface area contributed by atoms with E-state index in [0.717, 1.165) is 19.4 Å². The van der Waals surface area contributed by atoms with Crippen molar-refractivity contribution in [2.24, 2.45) is 0 Å². The van der Waals surface area contributed by atoms with Gasteiger partial charge in [-0.05, 0) is 38.1 Å². The normalized spacial score (nSPS) is 22.5. The molecule has 0 aliphatic carbocycles. The summed E-state index contributed by atoms with van der Waals surface area (Å²) < 4.78 is 32.8. The van der Waals surface area contributed by atoms with E-state index in [1.54, 1.807) is 0 Å². The maximum Gasteiger partial charge on any atom is 0.251 e. The van der Waals surface area contributed by atoms with Crippen molar-refractivity contribution in [3.05, 3.63) is 28.8 Å². The minimum absolute atomic E-state index is 0.0199. The van der Waals surface area contributed by atoms with Crippen molar-refractivity contribution in [1.82, 2.24) is 14.5 Å². The summed E-state index contributed by atoms with van der Waals surface area (Å²) in [6.45, 7) is 3.28. The van der Waals surface area contributed by atoms with Crippen molar-refractivity contribution in [2.75, 3.05) is 46.4 Å². The second-order valence-corrected chi connectivity index (χ2v) is 9.01. The number of benzene rings is 1. The fourth-order valence-corrected chi connectivity index (χ4v) is 5.05. The average Bonchev–Trinajstić information content (AvgIpc) is 3.14. The molecule has 26 heavy (non-hydrogen) atoms. The summed E-state index contributed by atoms with van der Waals surface area (Å²) in [5.41, 5.74) is 0.278. The summed E-state index contributed by atoms with van der Waals surface area (Å²) in [5.74, 6) is -0.327. The van der Waals surface area contributed by atoms with Gasteiger partial charge in [-0.2, -0.15) is 4.31 Å². The minimum atomic E-state index is -3.73. The van der Waals surface area contributed by atoms with Crippen molar-refractivity contribution in [3.8, 4) is 0 Å². The Morgan fingerprint density at radius 1 is 1.31 bits per heavy atom. The average molecular weight is 402 g/mol. The summed E-state index contributed by atoms with van der Waals surface area (Å²) in [6.07, 6.45) is 1.94. The molecule has 0 unspecified atom stereocenters. The van der Waals surface area contributed by atoms with Crippen LogP contribution < -0.4 is 5.32 Å². The van der Waals surface area contributed by atoms with Gasteiger partial charge in [-0.1, -0.05) is 11.6 Å². The number of piperazine rings is 1. The van der Waals surface area contributed by atoms with E-state index in [1.165, 1.54) is 22.5 Å². The molecule has 3 rings (SSSR count). The zero-order valence-electron chi connectivity index (χ0n) is 14.8. The van der Waals surface area contributed by atoms with Crippen LogP contribution in [0.1, 0.15) is 23.2 Å². The van der Waals surface area contributed by atoms with Crippen molar-refractivity contribution in [2.45, 2.75) is 23.8 Å². The van der Waals surface area contributed by atoms with Gasteiger partial charge >= 0.3 is 0 Å². The molecule has 2 aliphatic heterocycles. The lowest BCUT2D eigenvalue weighted by atomic mass is 10.2. The first-order valence-corrected chi connectivity index (χ1v) is 10.6. The number of halogens is 1. The van der Waals surface area contributed by atoms with E-state index in [0.29, 0.717) is 32.7 Å². The van der Waals surface area contributed by atoms with Crippen LogP contribution in [0.2, 0.25) is 5.02 Å². The first-order valence-electron chi connectivity index (χ1n) is 8.76. The summed E-state index contributed by atoms with van der Waals surface area (Å²) >= 11 is 6.15. The highest BCUT2D eigenvalue weighted by atomic mass is 35.5. The first-order chi connectivity index (χ1) is 12.4. The van der Waals surface area contributed by atoms with Gasteiger partial charge in [-0.3, -0.25) is 4.79 Å². The molecule has 7 nitrogen and oxygen atoms in total. The van der Waals surface area contributed by atoms with Crippen molar-refractivity contribution >= 4 is 27.5 Å². The van der Waals surface area contributed by atoms with Crippen molar-refractivity contribution < 1.29 is 17.9 Å². The Hall–Kier alpha value is -1.19. The summed E-state index contributed by atoms with van der Waals surface area (Å²) in [7, 11) is -1.78. The van der Waals surface area contributed by atoms with Gasteiger partial charge in [0.05, 0.1) is 11.1 Å². The molecule has 9 heteroatoms. The van der Waals surface area contributed by atoms with Gasteiger partial charge in [0, 0.05) is 44.9 Å². The molecule has 0 spiro atoms. The molecule has 0 bridgehead atoms. The summed E-state index contributed by atoms with van der Waals surface area (Å²) in [5, 5.41) is 2.93. The molecule has 2 heterocycles. The Morgan fingerprint density at radius 2 is 2.04 bits per heavy atom. The Morgan fingerprint density at radius 3 is 2.69 bits per heavy atom. The highest BCUT2D eigenvalue weighted by Gasteiger charge is 2.30. The monoisotopic (exact) mass is 401 g/mol. The van der Waals surface area contributed by atoms with E-state index in [9.17, 15) is 13.2 Å². The quantitative estimate of drug-likeness (QED) is 0.801. The third-order valence-electron chi connectivity index (χ3n) is 4.79. The predicted octanol–water partition coefficient (Wildman–Crippen LogP) is 1.18. The molecule has 1 atom stereocenters. The van der Waals surface area contributed by atoms with E-state index < -0.39 is 10.0 Å². The van der Waals surface area contributed by atoms with Crippen LogP contribution in [0.15, 0.2) is 23.1 Å². The largest absolute Gasteiger partial charge is 0.376 e. The fraction of sp³-hybridized carbons (Fsp3) is 0.588. The molecular formula is C17H24ClN3O4S. The molecule has 0 aromatic heterocycles. The second kappa shape index (κ2) is 8.22. The number of rotatable bonds is 5. The van der Waals surface area contributed by atoms with E-state index in [1.807, 2.05) is 7.05 Å². The van der Waals surface area contributed by atoms with Crippen molar-refractivity contribution in [3.63, 3.8) is 0 Å². The third-order valence-corrected chi connectivity index (χ3v) is 7.17. The Labute approximate surface area is 159 Å². The topological polar surface area (TPSA) is 79.0 Å². The van der Waals surface area contributed by atoms with Gasteiger partial charge in [-0.25, -0.2) is 8.42 Å². The van der Waals surface area contributed by atoms with E-state index in [2.05, 4.69) is 10.2 Å². The number of hydrogen-bond donors (Lipinski definition) is 1. The van der Waals surface area contributed by atoms with Crippen LogP contribution in [0.4, 0.5) is 0 Å². The van der Waals surface area contributed by atoms with Crippen LogP contribution in [0.25, 0.3) is 0 Å². The van der Waals surface area contributed by atoms with Gasteiger partial charge in [-0.15, -0.1) is 0 Å². The second-order valence-electron chi connectivity index (χ2n) is 6.70. The molecular weight excluding hydrogens is 378 g/mol. The molecule has 144 valence electrons.